The molecule has 0 saturated carbocycles. The van der Waals surface area contributed by atoms with E-state index in [2.05, 4.69) is 9.97 Å². The van der Waals surface area contributed by atoms with Crippen LogP contribution in [0.5, 0.6) is 0 Å². The number of aliphatic hydroxyl groups excluding tert-OH is 1. The van der Waals surface area contributed by atoms with E-state index in [0.29, 0.717) is 17.9 Å². The Bertz CT molecular complexity index is 735. The fourth-order valence-corrected chi connectivity index (χ4v) is 2.89. The van der Waals surface area contributed by atoms with E-state index in [9.17, 15) is 9.50 Å². The third-order valence-electron chi connectivity index (χ3n) is 3.15. The average molecular weight is 303 g/mol. The summed E-state index contributed by atoms with van der Waals surface area (Å²) in [5.74, 6) is 0.196. The molecule has 108 valence electrons. The number of halogens is 1. The minimum Gasteiger partial charge on any atom is -0.380 e. The lowest BCUT2D eigenvalue weighted by molar-refractivity contribution is 0.205. The van der Waals surface area contributed by atoms with Crippen LogP contribution in [0, 0.1) is 12.7 Å². The summed E-state index contributed by atoms with van der Waals surface area (Å²) in [6, 6.07) is 5.78. The molecule has 0 aliphatic carbocycles. The van der Waals surface area contributed by atoms with Crippen LogP contribution in [0.25, 0.3) is 0 Å². The lowest BCUT2D eigenvalue weighted by Gasteiger charge is -2.13. The monoisotopic (exact) mass is 303 g/mol. The summed E-state index contributed by atoms with van der Waals surface area (Å²) in [6.45, 7) is 2.51. The standard InChI is InChI=1S/C15H14FN3OS/c1-10-9-21-13(18-10)8-19-7-6-17-15(19)14(20)11-2-4-12(16)5-3-11/h2-7,9,14,20H,8H2,1H3. The molecule has 3 aromatic rings. The van der Waals surface area contributed by atoms with E-state index in [4.69, 9.17) is 0 Å². The van der Waals surface area contributed by atoms with Gasteiger partial charge in [0.2, 0.25) is 0 Å². The number of aryl methyl sites for hydroxylation is 1. The Labute approximate surface area is 125 Å². The normalized spacial score (nSPS) is 12.5. The molecular weight excluding hydrogens is 289 g/mol. The van der Waals surface area contributed by atoms with Crippen molar-refractivity contribution in [2.75, 3.05) is 0 Å². The summed E-state index contributed by atoms with van der Waals surface area (Å²) >= 11 is 1.58. The van der Waals surface area contributed by atoms with E-state index in [1.54, 1.807) is 35.9 Å². The Balaban J connectivity index is 1.86. The highest BCUT2D eigenvalue weighted by molar-refractivity contribution is 7.09. The molecule has 0 aliphatic heterocycles. The molecule has 21 heavy (non-hydrogen) atoms. The van der Waals surface area contributed by atoms with E-state index >= 15 is 0 Å². The lowest BCUT2D eigenvalue weighted by atomic mass is 10.1. The van der Waals surface area contributed by atoms with Gasteiger partial charge in [-0.1, -0.05) is 12.1 Å². The number of imidazole rings is 1. The minimum atomic E-state index is -0.887. The molecule has 0 spiro atoms. The number of aliphatic hydroxyl groups is 1. The number of aromatic nitrogens is 3. The molecule has 0 fully saturated rings. The summed E-state index contributed by atoms with van der Waals surface area (Å²) < 4.78 is 14.8. The highest BCUT2D eigenvalue weighted by Gasteiger charge is 2.17. The van der Waals surface area contributed by atoms with Crippen LogP contribution in [-0.4, -0.2) is 19.6 Å². The van der Waals surface area contributed by atoms with Crippen molar-refractivity contribution in [2.24, 2.45) is 0 Å². The zero-order valence-electron chi connectivity index (χ0n) is 11.4. The maximum Gasteiger partial charge on any atom is 0.142 e. The van der Waals surface area contributed by atoms with E-state index < -0.39 is 6.10 Å². The van der Waals surface area contributed by atoms with Gasteiger partial charge in [0.25, 0.3) is 0 Å². The van der Waals surface area contributed by atoms with Gasteiger partial charge in [0, 0.05) is 23.5 Å². The van der Waals surface area contributed by atoms with Gasteiger partial charge in [-0.25, -0.2) is 14.4 Å². The zero-order chi connectivity index (χ0) is 14.8. The van der Waals surface area contributed by atoms with Crippen LogP contribution >= 0.6 is 11.3 Å². The molecule has 0 saturated heterocycles. The number of nitrogens with zero attached hydrogens (tertiary/aromatic N) is 3. The van der Waals surface area contributed by atoms with Crippen LogP contribution in [-0.2, 0) is 6.54 Å². The van der Waals surface area contributed by atoms with Gasteiger partial charge in [-0.05, 0) is 24.6 Å². The molecule has 4 nitrogen and oxygen atoms in total. The number of hydrogen-bond acceptors (Lipinski definition) is 4. The van der Waals surface area contributed by atoms with Crippen LogP contribution in [0.15, 0.2) is 42.0 Å². The first-order valence-electron chi connectivity index (χ1n) is 6.49. The maximum atomic E-state index is 13.0. The molecule has 3 rings (SSSR count). The summed E-state index contributed by atoms with van der Waals surface area (Å²) in [4.78, 5) is 8.62. The van der Waals surface area contributed by atoms with Crippen molar-refractivity contribution < 1.29 is 9.50 Å². The summed E-state index contributed by atoms with van der Waals surface area (Å²) in [7, 11) is 0. The maximum absolute atomic E-state index is 13.0. The van der Waals surface area contributed by atoms with Crippen molar-refractivity contribution in [2.45, 2.75) is 19.6 Å². The fraction of sp³-hybridized carbons (Fsp3) is 0.200. The smallest absolute Gasteiger partial charge is 0.142 e. The molecule has 2 aromatic heterocycles. The van der Waals surface area contributed by atoms with Gasteiger partial charge < -0.3 is 9.67 Å². The van der Waals surface area contributed by atoms with Gasteiger partial charge >= 0.3 is 0 Å². The lowest BCUT2D eigenvalue weighted by Crippen LogP contribution is -2.10. The van der Waals surface area contributed by atoms with Crippen LogP contribution in [0.2, 0.25) is 0 Å². The Morgan fingerprint density at radius 2 is 2.10 bits per heavy atom. The van der Waals surface area contributed by atoms with Gasteiger partial charge in [0.05, 0.1) is 6.54 Å². The average Bonchev–Trinajstić information content (AvgIpc) is 3.09. The second-order valence-electron chi connectivity index (χ2n) is 4.75. The SMILES string of the molecule is Cc1csc(Cn2ccnc2C(O)c2ccc(F)cc2)n1. The number of thiazole rings is 1. The van der Waals surface area contributed by atoms with E-state index in [0.717, 1.165) is 10.7 Å². The molecular formula is C15H14FN3OS. The number of hydrogen-bond donors (Lipinski definition) is 1. The third kappa shape index (κ3) is 3.01. The first-order chi connectivity index (χ1) is 10.1. The van der Waals surface area contributed by atoms with Gasteiger partial charge in [-0.3, -0.25) is 0 Å². The van der Waals surface area contributed by atoms with E-state index in [-0.39, 0.29) is 5.82 Å². The first kappa shape index (κ1) is 13.9. The topological polar surface area (TPSA) is 50.9 Å². The molecule has 1 aromatic carbocycles. The second-order valence-corrected chi connectivity index (χ2v) is 5.69. The molecule has 1 atom stereocenters. The zero-order valence-corrected chi connectivity index (χ0v) is 12.2. The van der Waals surface area contributed by atoms with Crippen LogP contribution in [0.1, 0.15) is 28.2 Å². The third-order valence-corrected chi connectivity index (χ3v) is 4.10. The predicted octanol–water partition coefficient (Wildman–Crippen LogP) is 2.92. The summed E-state index contributed by atoms with van der Waals surface area (Å²) in [5, 5.41) is 13.4. The Kier molecular flexibility index (Phi) is 3.81. The molecule has 6 heteroatoms. The predicted molar refractivity (Wildman–Crippen MR) is 78.6 cm³/mol. The van der Waals surface area contributed by atoms with Crippen LogP contribution < -0.4 is 0 Å². The van der Waals surface area contributed by atoms with Crippen molar-refractivity contribution >= 4 is 11.3 Å². The molecule has 0 aliphatic rings. The van der Waals surface area contributed by atoms with Gasteiger partial charge in [0.1, 0.15) is 22.8 Å². The van der Waals surface area contributed by atoms with Crippen molar-refractivity contribution in [1.29, 1.82) is 0 Å². The molecule has 2 heterocycles. The van der Waals surface area contributed by atoms with E-state index in [1.165, 1.54) is 12.1 Å². The van der Waals surface area contributed by atoms with Gasteiger partial charge in [0.15, 0.2) is 0 Å². The number of rotatable bonds is 4. The van der Waals surface area contributed by atoms with Crippen LogP contribution in [0.4, 0.5) is 4.39 Å². The first-order valence-corrected chi connectivity index (χ1v) is 7.37. The molecule has 1 N–H and O–H groups in total. The van der Waals surface area contributed by atoms with Crippen molar-refractivity contribution in [3.8, 4) is 0 Å². The van der Waals surface area contributed by atoms with E-state index in [1.807, 2.05) is 16.9 Å². The summed E-state index contributed by atoms with van der Waals surface area (Å²) in [6.07, 6.45) is 2.56. The van der Waals surface area contributed by atoms with Crippen molar-refractivity contribution in [1.82, 2.24) is 14.5 Å². The summed E-state index contributed by atoms with van der Waals surface area (Å²) in [5.41, 5.74) is 1.59. The van der Waals surface area contributed by atoms with Gasteiger partial charge in [-0.15, -0.1) is 11.3 Å². The van der Waals surface area contributed by atoms with Gasteiger partial charge in [-0.2, -0.15) is 0 Å². The highest BCUT2D eigenvalue weighted by Crippen LogP contribution is 2.22. The fourth-order valence-electron chi connectivity index (χ4n) is 2.12. The van der Waals surface area contributed by atoms with Crippen molar-refractivity contribution in [3.05, 3.63) is 69.9 Å². The minimum absolute atomic E-state index is 0.326. The number of benzene rings is 1. The van der Waals surface area contributed by atoms with Crippen LogP contribution in [0.3, 0.4) is 0 Å². The molecule has 0 bridgehead atoms. The molecule has 1 unspecified atom stereocenters. The highest BCUT2D eigenvalue weighted by atomic mass is 32.1. The quantitative estimate of drug-likeness (QED) is 0.806. The Hall–Kier alpha value is -2.05. The van der Waals surface area contributed by atoms with Crippen molar-refractivity contribution in [3.63, 3.8) is 0 Å². The largest absolute Gasteiger partial charge is 0.380 e. The second kappa shape index (κ2) is 5.75. The molecule has 0 radical (unpaired) electrons. The Morgan fingerprint density at radius 3 is 2.76 bits per heavy atom. The Morgan fingerprint density at radius 1 is 1.33 bits per heavy atom. The molecule has 0 amide bonds.